The van der Waals surface area contributed by atoms with E-state index in [1.807, 2.05) is 0 Å². The van der Waals surface area contributed by atoms with Gasteiger partial charge < -0.3 is 15.6 Å². The van der Waals surface area contributed by atoms with Crippen LogP contribution in [0.15, 0.2) is 24.5 Å². The normalized spacial score (nSPS) is 10.8. The zero-order chi connectivity index (χ0) is 14.1. The van der Waals surface area contributed by atoms with Crippen molar-refractivity contribution < 1.29 is 4.39 Å². The summed E-state index contributed by atoms with van der Waals surface area (Å²) in [5.74, 6) is 0.721. The van der Waals surface area contributed by atoms with Gasteiger partial charge in [-0.25, -0.2) is 9.37 Å². The lowest BCUT2D eigenvalue weighted by Gasteiger charge is -2.08. The van der Waals surface area contributed by atoms with Crippen LogP contribution in [0.2, 0.25) is 0 Å². The summed E-state index contributed by atoms with van der Waals surface area (Å²) in [4.78, 5) is 15.6. The minimum absolute atomic E-state index is 0.265. The van der Waals surface area contributed by atoms with E-state index in [0.29, 0.717) is 34.2 Å². The summed E-state index contributed by atoms with van der Waals surface area (Å²) in [6, 6.07) is 4.93. The van der Waals surface area contributed by atoms with Crippen molar-refractivity contribution in [2.24, 2.45) is 0 Å². The molecule has 2 heterocycles. The van der Waals surface area contributed by atoms with Gasteiger partial charge in [0.15, 0.2) is 11.5 Å². The Bertz CT molecular complexity index is 767. The number of anilines is 3. The van der Waals surface area contributed by atoms with Gasteiger partial charge >= 0.3 is 0 Å². The van der Waals surface area contributed by atoms with Gasteiger partial charge in [0.1, 0.15) is 11.3 Å². The molecule has 0 unspecified atom stereocenters. The highest BCUT2D eigenvalue weighted by Gasteiger charge is 2.10. The first-order chi connectivity index (χ1) is 9.67. The number of halogens is 1. The summed E-state index contributed by atoms with van der Waals surface area (Å²) < 4.78 is 13.6. The van der Waals surface area contributed by atoms with Crippen molar-refractivity contribution in [1.82, 2.24) is 19.9 Å². The molecular formula is C13H13FN6. The van der Waals surface area contributed by atoms with Crippen molar-refractivity contribution in [3.05, 3.63) is 35.9 Å². The molecule has 0 fully saturated rings. The Balaban J connectivity index is 2.04. The van der Waals surface area contributed by atoms with Gasteiger partial charge in [-0.1, -0.05) is 6.07 Å². The molecule has 6 nitrogen and oxygen atoms in total. The molecule has 0 saturated heterocycles. The average Bonchev–Trinajstić information content (AvgIpc) is 2.91. The van der Waals surface area contributed by atoms with Crippen molar-refractivity contribution in [3.63, 3.8) is 0 Å². The number of aromatic amines is 1. The van der Waals surface area contributed by atoms with E-state index in [9.17, 15) is 4.39 Å². The smallest absolute Gasteiger partial charge is 0.226 e. The highest BCUT2D eigenvalue weighted by atomic mass is 19.1. The summed E-state index contributed by atoms with van der Waals surface area (Å²) in [6.07, 6.45) is 1.54. The molecule has 0 spiro atoms. The number of fused-ring (bicyclic) bond motifs is 1. The molecule has 0 radical (unpaired) electrons. The van der Waals surface area contributed by atoms with Gasteiger partial charge in [0.2, 0.25) is 5.95 Å². The number of benzene rings is 1. The minimum atomic E-state index is -0.265. The molecule has 0 aliphatic carbocycles. The van der Waals surface area contributed by atoms with Gasteiger partial charge in [0.05, 0.1) is 6.33 Å². The number of imidazole rings is 1. The Labute approximate surface area is 114 Å². The third kappa shape index (κ3) is 2.13. The maximum absolute atomic E-state index is 13.6. The van der Waals surface area contributed by atoms with Crippen LogP contribution in [0.4, 0.5) is 21.8 Å². The predicted molar refractivity (Wildman–Crippen MR) is 75.7 cm³/mol. The van der Waals surface area contributed by atoms with Crippen molar-refractivity contribution in [2.45, 2.75) is 6.92 Å². The molecule has 7 heteroatoms. The fourth-order valence-corrected chi connectivity index (χ4v) is 1.84. The molecule has 0 aliphatic heterocycles. The van der Waals surface area contributed by atoms with Gasteiger partial charge in [0, 0.05) is 12.7 Å². The standard InChI is InChI=1S/C13H13FN6/c1-7-3-4-8(5-9(7)14)18-12-10-11(17-6-16-10)19-13(15-2)20-12/h3-6H,1-2H3,(H3,15,16,17,18,19,20). The van der Waals surface area contributed by atoms with Gasteiger partial charge in [-0.3, -0.25) is 0 Å². The van der Waals surface area contributed by atoms with Gasteiger partial charge in [-0.05, 0) is 24.6 Å². The van der Waals surface area contributed by atoms with E-state index in [2.05, 4.69) is 30.6 Å². The monoisotopic (exact) mass is 272 g/mol. The van der Waals surface area contributed by atoms with Crippen LogP contribution in [0.1, 0.15) is 5.56 Å². The SMILES string of the molecule is CNc1nc(Nc2ccc(C)c(F)c2)c2[nH]cnc2n1. The highest BCUT2D eigenvalue weighted by molar-refractivity contribution is 5.86. The van der Waals surface area contributed by atoms with Crippen molar-refractivity contribution in [3.8, 4) is 0 Å². The maximum Gasteiger partial charge on any atom is 0.226 e. The molecular weight excluding hydrogens is 259 g/mol. The number of nitrogens with zero attached hydrogens (tertiary/aromatic N) is 3. The minimum Gasteiger partial charge on any atom is -0.357 e. The van der Waals surface area contributed by atoms with Crippen LogP contribution in [0.25, 0.3) is 11.2 Å². The van der Waals surface area contributed by atoms with E-state index in [1.54, 1.807) is 32.4 Å². The highest BCUT2D eigenvalue weighted by Crippen LogP contribution is 2.23. The van der Waals surface area contributed by atoms with E-state index < -0.39 is 0 Å². The van der Waals surface area contributed by atoms with Gasteiger partial charge in [-0.2, -0.15) is 9.97 Å². The first kappa shape index (κ1) is 12.3. The van der Waals surface area contributed by atoms with Crippen molar-refractivity contribution >= 4 is 28.6 Å². The summed E-state index contributed by atoms with van der Waals surface area (Å²) in [6.45, 7) is 1.72. The molecule has 3 rings (SSSR count). The molecule has 0 atom stereocenters. The van der Waals surface area contributed by atoms with Crippen LogP contribution < -0.4 is 10.6 Å². The van der Waals surface area contributed by atoms with Gasteiger partial charge in [-0.15, -0.1) is 0 Å². The summed E-state index contributed by atoms with van der Waals surface area (Å²) in [5.41, 5.74) is 2.43. The lowest BCUT2D eigenvalue weighted by Crippen LogP contribution is -2.02. The summed E-state index contributed by atoms with van der Waals surface area (Å²) in [7, 11) is 1.73. The molecule has 0 aliphatic rings. The zero-order valence-corrected chi connectivity index (χ0v) is 11.0. The number of H-pyrrole nitrogens is 1. The Morgan fingerprint density at radius 2 is 2.10 bits per heavy atom. The Kier molecular flexibility index (Phi) is 2.94. The fourth-order valence-electron chi connectivity index (χ4n) is 1.84. The van der Waals surface area contributed by atoms with Crippen LogP contribution >= 0.6 is 0 Å². The number of hydrogen-bond acceptors (Lipinski definition) is 5. The molecule has 1 aromatic carbocycles. The van der Waals surface area contributed by atoms with Crippen molar-refractivity contribution in [1.29, 1.82) is 0 Å². The lowest BCUT2D eigenvalue weighted by atomic mass is 10.2. The second-order valence-electron chi connectivity index (χ2n) is 4.34. The summed E-state index contributed by atoms with van der Waals surface area (Å²) in [5, 5.41) is 5.94. The van der Waals surface area contributed by atoms with Crippen LogP contribution in [0, 0.1) is 12.7 Å². The number of aryl methyl sites for hydroxylation is 1. The fraction of sp³-hybridized carbons (Fsp3) is 0.154. The Hall–Kier alpha value is -2.70. The zero-order valence-electron chi connectivity index (χ0n) is 11.0. The van der Waals surface area contributed by atoms with E-state index in [4.69, 9.17) is 0 Å². The van der Waals surface area contributed by atoms with E-state index in [1.165, 1.54) is 6.07 Å². The van der Waals surface area contributed by atoms with Crippen molar-refractivity contribution in [2.75, 3.05) is 17.7 Å². The number of hydrogen-bond donors (Lipinski definition) is 3. The topological polar surface area (TPSA) is 78.5 Å². The summed E-state index contributed by atoms with van der Waals surface area (Å²) >= 11 is 0. The molecule has 3 aromatic rings. The molecule has 0 bridgehead atoms. The molecule has 3 N–H and O–H groups in total. The van der Waals surface area contributed by atoms with Gasteiger partial charge in [0.25, 0.3) is 0 Å². The molecule has 102 valence electrons. The number of rotatable bonds is 3. The maximum atomic E-state index is 13.6. The van der Waals surface area contributed by atoms with E-state index in [-0.39, 0.29) is 5.82 Å². The quantitative estimate of drug-likeness (QED) is 0.683. The third-order valence-corrected chi connectivity index (χ3v) is 2.94. The first-order valence-electron chi connectivity index (χ1n) is 6.09. The van der Waals surface area contributed by atoms with E-state index in [0.717, 1.165) is 0 Å². The Morgan fingerprint density at radius 3 is 2.85 bits per heavy atom. The van der Waals surface area contributed by atoms with Crippen LogP contribution in [-0.2, 0) is 0 Å². The molecule has 0 amide bonds. The Morgan fingerprint density at radius 1 is 1.25 bits per heavy atom. The lowest BCUT2D eigenvalue weighted by molar-refractivity contribution is 0.619. The average molecular weight is 272 g/mol. The molecule has 2 aromatic heterocycles. The molecule has 0 saturated carbocycles. The number of nitrogens with one attached hydrogen (secondary N) is 3. The van der Waals surface area contributed by atoms with Crippen LogP contribution in [0.3, 0.4) is 0 Å². The second-order valence-corrected chi connectivity index (χ2v) is 4.34. The second kappa shape index (κ2) is 4.76. The third-order valence-electron chi connectivity index (χ3n) is 2.94. The van der Waals surface area contributed by atoms with Crippen LogP contribution in [-0.4, -0.2) is 27.0 Å². The van der Waals surface area contributed by atoms with E-state index >= 15 is 0 Å². The number of aromatic nitrogens is 4. The largest absolute Gasteiger partial charge is 0.357 e. The van der Waals surface area contributed by atoms with Crippen LogP contribution in [0.5, 0.6) is 0 Å². The first-order valence-corrected chi connectivity index (χ1v) is 6.09. The predicted octanol–water partition coefficient (Wildman–Crippen LogP) is 2.59. The molecule has 20 heavy (non-hydrogen) atoms.